The van der Waals surface area contributed by atoms with Gasteiger partial charge in [0.1, 0.15) is 12.9 Å². The van der Waals surface area contributed by atoms with E-state index in [2.05, 4.69) is 0 Å². The van der Waals surface area contributed by atoms with Gasteiger partial charge in [-0.2, -0.15) is 0 Å². The first-order valence-corrected chi connectivity index (χ1v) is 4.59. The standard InChI is InChI=1S/C11H16O3/c1-9(12)11(14-8-13-2)10-6-4-3-5-7-10/h3-7,9,11-12H,8H2,1-2H3. The number of ether oxygens (including phenoxy) is 2. The Morgan fingerprint density at radius 1 is 1.29 bits per heavy atom. The van der Waals surface area contributed by atoms with Crippen molar-refractivity contribution >= 4 is 0 Å². The van der Waals surface area contributed by atoms with E-state index in [0.29, 0.717) is 0 Å². The maximum Gasteiger partial charge on any atom is 0.147 e. The first kappa shape index (κ1) is 11.2. The van der Waals surface area contributed by atoms with Crippen LogP contribution in [0.2, 0.25) is 0 Å². The van der Waals surface area contributed by atoms with Crippen LogP contribution in [0.3, 0.4) is 0 Å². The van der Waals surface area contributed by atoms with Crippen LogP contribution in [0.5, 0.6) is 0 Å². The Hall–Kier alpha value is -0.900. The van der Waals surface area contributed by atoms with Crippen molar-refractivity contribution in [2.75, 3.05) is 13.9 Å². The zero-order valence-electron chi connectivity index (χ0n) is 8.51. The van der Waals surface area contributed by atoms with Gasteiger partial charge in [-0.25, -0.2) is 0 Å². The number of aliphatic hydroxyl groups is 1. The second-order valence-corrected chi connectivity index (χ2v) is 3.15. The van der Waals surface area contributed by atoms with Crippen molar-refractivity contribution in [3.63, 3.8) is 0 Å². The van der Waals surface area contributed by atoms with Crippen LogP contribution < -0.4 is 0 Å². The molecule has 0 saturated heterocycles. The van der Waals surface area contributed by atoms with Crippen LogP contribution in [0.25, 0.3) is 0 Å². The molecular weight excluding hydrogens is 180 g/mol. The van der Waals surface area contributed by atoms with E-state index in [-0.39, 0.29) is 12.9 Å². The van der Waals surface area contributed by atoms with Crippen LogP contribution in [0.15, 0.2) is 30.3 Å². The van der Waals surface area contributed by atoms with Crippen molar-refractivity contribution < 1.29 is 14.6 Å². The van der Waals surface area contributed by atoms with Gasteiger partial charge in [-0.05, 0) is 12.5 Å². The van der Waals surface area contributed by atoms with Gasteiger partial charge < -0.3 is 14.6 Å². The normalized spacial score (nSPS) is 15.1. The van der Waals surface area contributed by atoms with Crippen LogP contribution in [0.1, 0.15) is 18.6 Å². The van der Waals surface area contributed by atoms with Gasteiger partial charge in [0.15, 0.2) is 0 Å². The quantitative estimate of drug-likeness (QED) is 0.729. The molecule has 0 radical (unpaired) electrons. The number of rotatable bonds is 5. The van der Waals surface area contributed by atoms with Crippen molar-refractivity contribution in [2.45, 2.75) is 19.1 Å². The average molecular weight is 196 g/mol. The number of aliphatic hydroxyl groups excluding tert-OH is 1. The second kappa shape index (κ2) is 5.75. The van der Waals surface area contributed by atoms with Gasteiger partial charge in [-0.3, -0.25) is 0 Å². The predicted molar refractivity (Wildman–Crippen MR) is 53.8 cm³/mol. The fourth-order valence-electron chi connectivity index (χ4n) is 1.30. The van der Waals surface area contributed by atoms with E-state index in [1.165, 1.54) is 0 Å². The maximum absolute atomic E-state index is 9.51. The van der Waals surface area contributed by atoms with E-state index in [1.807, 2.05) is 30.3 Å². The van der Waals surface area contributed by atoms with E-state index >= 15 is 0 Å². The lowest BCUT2D eigenvalue weighted by atomic mass is 10.1. The van der Waals surface area contributed by atoms with Gasteiger partial charge in [0, 0.05) is 7.11 Å². The summed E-state index contributed by atoms with van der Waals surface area (Å²) in [5.74, 6) is 0. The van der Waals surface area contributed by atoms with Gasteiger partial charge in [-0.1, -0.05) is 30.3 Å². The molecule has 0 aromatic heterocycles. The van der Waals surface area contributed by atoms with Crippen LogP contribution in [-0.2, 0) is 9.47 Å². The van der Waals surface area contributed by atoms with Crippen LogP contribution in [-0.4, -0.2) is 25.1 Å². The monoisotopic (exact) mass is 196 g/mol. The maximum atomic E-state index is 9.51. The third kappa shape index (κ3) is 3.10. The molecule has 2 atom stereocenters. The van der Waals surface area contributed by atoms with Gasteiger partial charge in [-0.15, -0.1) is 0 Å². The molecule has 14 heavy (non-hydrogen) atoms. The highest BCUT2D eigenvalue weighted by molar-refractivity contribution is 5.18. The molecule has 1 rings (SSSR count). The fourth-order valence-corrected chi connectivity index (χ4v) is 1.30. The summed E-state index contributed by atoms with van der Waals surface area (Å²) < 4.78 is 10.2. The van der Waals surface area contributed by atoms with Gasteiger partial charge in [0.25, 0.3) is 0 Å². The van der Waals surface area contributed by atoms with E-state index < -0.39 is 6.10 Å². The predicted octanol–water partition coefficient (Wildman–Crippen LogP) is 1.73. The van der Waals surface area contributed by atoms with Gasteiger partial charge >= 0.3 is 0 Å². The Morgan fingerprint density at radius 3 is 2.43 bits per heavy atom. The minimum atomic E-state index is -0.549. The Bertz CT molecular complexity index is 246. The zero-order valence-corrected chi connectivity index (χ0v) is 8.51. The largest absolute Gasteiger partial charge is 0.390 e. The first-order valence-electron chi connectivity index (χ1n) is 4.59. The smallest absolute Gasteiger partial charge is 0.147 e. The molecule has 0 bridgehead atoms. The number of hydrogen-bond acceptors (Lipinski definition) is 3. The zero-order chi connectivity index (χ0) is 10.4. The topological polar surface area (TPSA) is 38.7 Å². The molecule has 3 nitrogen and oxygen atoms in total. The number of methoxy groups -OCH3 is 1. The molecule has 1 aromatic carbocycles. The van der Waals surface area contributed by atoms with Crippen molar-refractivity contribution in [3.8, 4) is 0 Å². The molecule has 1 N–H and O–H groups in total. The summed E-state index contributed by atoms with van der Waals surface area (Å²) in [4.78, 5) is 0. The van der Waals surface area contributed by atoms with E-state index in [0.717, 1.165) is 5.56 Å². The molecule has 1 aromatic rings. The third-order valence-corrected chi connectivity index (χ3v) is 1.93. The molecule has 3 heteroatoms. The lowest BCUT2D eigenvalue weighted by Gasteiger charge is -2.20. The summed E-state index contributed by atoms with van der Waals surface area (Å²) in [6, 6.07) is 9.61. The Kier molecular flexibility index (Phi) is 4.59. The lowest BCUT2D eigenvalue weighted by molar-refractivity contribution is -0.110. The van der Waals surface area contributed by atoms with Crippen molar-refractivity contribution in [2.24, 2.45) is 0 Å². The van der Waals surface area contributed by atoms with E-state index in [4.69, 9.17) is 9.47 Å². The Balaban J connectivity index is 2.68. The highest BCUT2D eigenvalue weighted by Gasteiger charge is 2.17. The SMILES string of the molecule is COCOC(c1ccccc1)C(C)O. The van der Waals surface area contributed by atoms with Gasteiger partial charge in [0.05, 0.1) is 6.10 Å². The number of benzene rings is 1. The van der Waals surface area contributed by atoms with E-state index in [1.54, 1.807) is 14.0 Å². The first-order chi connectivity index (χ1) is 6.75. The summed E-state index contributed by atoms with van der Waals surface area (Å²) >= 11 is 0. The minimum Gasteiger partial charge on any atom is -0.390 e. The molecule has 0 saturated carbocycles. The van der Waals surface area contributed by atoms with Crippen LogP contribution >= 0.6 is 0 Å². The third-order valence-electron chi connectivity index (χ3n) is 1.93. The molecule has 78 valence electrons. The Morgan fingerprint density at radius 2 is 1.93 bits per heavy atom. The highest BCUT2D eigenvalue weighted by atomic mass is 16.7. The molecule has 0 aliphatic heterocycles. The Labute approximate surface area is 84.3 Å². The highest BCUT2D eigenvalue weighted by Crippen LogP contribution is 2.20. The molecule has 2 unspecified atom stereocenters. The van der Waals surface area contributed by atoms with Crippen molar-refractivity contribution in [1.29, 1.82) is 0 Å². The molecule has 0 amide bonds. The fraction of sp³-hybridized carbons (Fsp3) is 0.455. The molecule has 0 aliphatic rings. The average Bonchev–Trinajstić information content (AvgIpc) is 2.19. The molecular formula is C11H16O3. The minimum absolute atomic E-state index is 0.185. The van der Waals surface area contributed by atoms with Crippen molar-refractivity contribution in [1.82, 2.24) is 0 Å². The summed E-state index contributed by atoms with van der Waals surface area (Å²) in [5.41, 5.74) is 0.958. The van der Waals surface area contributed by atoms with E-state index in [9.17, 15) is 5.11 Å². The summed E-state index contributed by atoms with van der Waals surface area (Å²) in [5, 5.41) is 9.51. The molecule has 0 heterocycles. The van der Waals surface area contributed by atoms with Crippen LogP contribution in [0.4, 0.5) is 0 Å². The van der Waals surface area contributed by atoms with Crippen molar-refractivity contribution in [3.05, 3.63) is 35.9 Å². The summed E-state index contributed by atoms with van der Waals surface area (Å²) in [6.07, 6.45) is -0.872. The summed E-state index contributed by atoms with van der Waals surface area (Å²) in [7, 11) is 1.56. The number of hydrogen-bond donors (Lipinski definition) is 1. The van der Waals surface area contributed by atoms with Gasteiger partial charge in [0.2, 0.25) is 0 Å². The van der Waals surface area contributed by atoms with Crippen LogP contribution in [0, 0.1) is 0 Å². The molecule has 0 fully saturated rings. The second-order valence-electron chi connectivity index (χ2n) is 3.15. The lowest BCUT2D eigenvalue weighted by Crippen LogP contribution is -2.19. The molecule has 0 spiro atoms. The molecule has 0 aliphatic carbocycles. The summed E-state index contributed by atoms with van der Waals surface area (Å²) in [6.45, 7) is 1.89.